The number of para-hydroxylation sites is 2. The van der Waals surface area contributed by atoms with Gasteiger partial charge in [0.2, 0.25) is 5.91 Å². The number of hydrogen-bond acceptors (Lipinski definition) is 4. The monoisotopic (exact) mass is 302 g/mol. The zero-order chi connectivity index (χ0) is 15.2. The van der Waals surface area contributed by atoms with Crippen LogP contribution in [0.2, 0.25) is 0 Å². The van der Waals surface area contributed by atoms with Gasteiger partial charge in [-0.2, -0.15) is 17.0 Å². The van der Waals surface area contributed by atoms with E-state index >= 15 is 0 Å². The van der Waals surface area contributed by atoms with Crippen LogP contribution in [-0.4, -0.2) is 40.2 Å². The fourth-order valence-corrected chi connectivity index (χ4v) is 2.62. The molecule has 0 spiro atoms. The van der Waals surface area contributed by atoms with Gasteiger partial charge < -0.3 is 9.47 Å². The molecule has 0 atom stereocenters. The molecule has 1 amide bonds. The minimum Gasteiger partial charge on any atom is -0.343 e. The Kier molecular flexibility index (Phi) is 5.23. The molecule has 1 aromatic heterocycles. The summed E-state index contributed by atoms with van der Waals surface area (Å²) in [6.45, 7) is 0.720. The Morgan fingerprint density at radius 2 is 2.24 bits per heavy atom. The molecule has 0 radical (unpaired) electrons. The predicted octanol–water partition coefficient (Wildman–Crippen LogP) is 2.27. The van der Waals surface area contributed by atoms with Gasteiger partial charge in [0.05, 0.1) is 29.3 Å². The smallest absolute Gasteiger partial charge is 0.242 e. The van der Waals surface area contributed by atoms with Crippen molar-refractivity contribution in [2.45, 2.75) is 18.7 Å². The normalized spacial score (nSPS) is 10.5. The van der Waals surface area contributed by atoms with E-state index in [1.807, 2.05) is 35.1 Å². The molecule has 0 aliphatic carbocycles. The average molecular weight is 302 g/mol. The van der Waals surface area contributed by atoms with Gasteiger partial charge in [-0.05, 0) is 18.4 Å². The third kappa shape index (κ3) is 3.56. The van der Waals surface area contributed by atoms with Crippen molar-refractivity contribution in [3.63, 3.8) is 0 Å². The van der Waals surface area contributed by atoms with Crippen molar-refractivity contribution < 1.29 is 4.79 Å². The van der Waals surface area contributed by atoms with E-state index in [2.05, 4.69) is 11.1 Å². The molecule has 6 heteroatoms. The molecule has 1 aromatic carbocycles. The summed E-state index contributed by atoms with van der Waals surface area (Å²) in [5, 5.41) is 8.60. The number of carbonyl (C=O) groups excluding carboxylic acids is 1. The van der Waals surface area contributed by atoms with Crippen LogP contribution in [0, 0.1) is 11.3 Å². The first-order chi connectivity index (χ1) is 10.2. The Bertz CT molecular complexity index is 674. The Balaban J connectivity index is 2.26. The first kappa shape index (κ1) is 15.4. The highest BCUT2D eigenvalue weighted by molar-refractivity contribution is 7.97. The molecular weight excluding hydrogens is 284 g/mol. The highest BCUT2D eigenvalue weighted by Crippen LogP contribution is 2.19. The Labute approximate surface area is 128 Å². The average Bonchev–Trinajstić information content (AvgIpc) is 2.83. The predicted molar refractivity (Wildman–Crippen MR) is 84.8 cm³/mol. The number of rotatable bonds is 6. The van der Waals surface area contributed by atoms with Crippen LogP contribution in [0.4, 0.5) is 0 Å². The zero-order valence-corrected chi connectivity index (χ0v) is 13.1. The van der Waals surface area contributed by atoms with E-state index in [0.717, 1.165) is 22.6 Å². The standard InChI is InChI=1S/C15H18N4OS/c1-18(9-5-8-16)15(20)10-19-13-7-4-3-6-12(13)17-14(19)11-21-2/h3-4,6-7H,5,9-11H2,1-2H3. The summed E-state index contributed by atoms with van der Waals surface area (Å²) in [5.74, 6) is 1.67. The number of nitrogens with zero attached hydrogens (tertiary/aromatic N) is 4. The number of hydrogen-bond donors (Lipinski definition) is 0. The minimum absolute atomic E-state index is 0.00393. The summed E-state index contributed by atoms with van der Waals surface area (Å²) < 4.78 is 1.97. The van der Waals surface area contributed by atoms with Gasteiger partial charge in [-0.15, -0.1) is 0 Å². The Morgan fingerprint density at radius 3 is 2.95 bits per heavy atom. The number of carbonyl (C=O) groups is 1. The molecule has 1 heterocycles. The summed E-state index contributed by atoms with van der Waals surface area (Å²) in [6.07, 6.45) is 2.37. The second kappa shape index (κ2) is 7.14. The van der Waals surface area contributed by atoms with Gasteiger partial charge in [0.1, 0.15) is 12.4 Å². The lowest BCUT2D eigenvalue weighted by Crippen LogP contribution is -2.31. The fraction of sp³-hybridized carbons (Fsp3) is 0.400. The molecule has 2 aromatic rings. The van der Waals surface area contributed by atoms with Gasteiger partial charge in [0.25, 0.3) is 0 Å². The highest BCUT2D eigenvalue weighted by Gasteiger charge is 2.15. The van der Waals surface area contributed by atoms with Crippen LogP contribution in [0.3, 0.4) is 0 Å². The third-order valence-corrected chi connectivity index (χ3v) is 3.83. The molecule has 0 bridgehead atoms. The summed E-state index contributed by atoms with van der Waals surface area (Å²) in [5.41, 5.74) is 1.89. The molecule has 5 nitrogen and oxygen atoms in total. The lowest BCUT2D eigenvalue weighted by molar-refractivity contribution is -0.130. The number of benzene rings is 1. The summed E-state index contributed by atoms with van der Waals surface area (Å²) in [6, 6.07) is 9.90. The van der Waals surface area contributed by atoms with Crippen LogP contribution in [0.5, 0.6) is 0 Å². The van der Waals surface area contributed by atoms with Gasteiger partial charge in [0.15, 0.2) is 0 Å². The van der Waals surface area contributed by atoms with Gasteiger partial charge in [-0.3, -0.25) is 4.79 Å². The van der Waals surface area contributed by atoms with Crippen molar-refractivity contribution in [1.29, 1.82) is 5.26 Å². The topological polar surface area (TPSA) is 61.9 Å². The van der Waals surface area contributed by atoms with Crippen LogP contribution in [0.15, 0.2) is 24.3 Å². The van der Waals surface area contributed by atoms with Crippen molar-refractivity contribution in [1.82, 2.24) is 14.5 Å². The molecule has 0 fully saturated rings. The van der Waals surface area contributed by atoms with Crippen molar-refractivity contribution in [2.75, 3.05) is 19.8 Å². The van der Waals surface area contributed by atoms with Crippen molar-refractivity contribution in [2.24, 2.45) is 0 Å². The van der Waals surface area contributed by atoms with Gasteiger partial charge >= 0.3 is 0 Å². The number of nitriles is 1. The van der Waals surface area contributed by atoms with Gasteiger partial charge in [0, 0.05) is 13.6 Å². The number of thioether (sulfide) groups is 1. The first-order valence-electron chi connectivity index (χ1n) is 6.71. The minimum atomic E-state index is -0.00393. The van der Waals surface area contributed by atoms with E-state index in [4.69, 9.17) is 5.26 Å². The summed E-state index contributed by atoms with van der Waals surface area (Å²) in [7, 11) is 1.73. The van der Waals surface area contributed by atoms with Gasteiger partial charge in [-0.1, -0.05) is 12.1 Å². The zero-order valence-electron chi connectivity index (χ0n) is 12.2. The van der Waals surface area contributed by atoms with Crippen molar-refractivity contribution in [3.05, 3.63) is 30.1 Å². The molecule has 0 aliphatic heterocycles. The molecule has 0 saturated carbocycles. The molecule has 0 aliphatic rings. The van der Waals surface area contributed by atoms with E-state index < -0.39 is 0 Å². The van der Waals surface area contributed by atoms with Crippen LogP contribution in [0.1, 0.15) is 12.2 Å². The van der Waals surface area contributed by atoms with E-state index in [1.165, 1.54) is 0 Å². The van der Waals surface area contributed by atoms with Crippen LogP contribution < -0.4 is 0 Å². The molecule has 110 valence electrons. The molecular formula is C15H18N4OS. The molecule has 21 heavy (non-hydrogen) atoms. The largest absolute Gasteiger partial charge is 0.343 e. The lowest BCUT2D eigenvalue weighted by Gasteiger charge is -2.17. The van der Waals surface area contributed by atoms with E-state index in [-0.39, 0.29) is 12.5 Å². The second-order valence-electron chi connectivity index (χ2n) is 4.76. The number of aromatic nitrogens is 2. The van der Waals surface area contributed by atoms with Gasteiger partial charge in [-0.25, -0.2) is 4.98 Å². The molecule has 0 saturated heterocycles. The Morgan fingerprint density at radius 1 is 1.48 bits per heavy atom. The SMILES string of the molecule is CSCc1nc2ccccc2n1CC(=O)N(C)CCC#N. The summed E-state index contributed by atoms with van der Waals surface area (Å²) >= 11 is 1.68. The number of amides is 1. The third-order valence-electron chi connectivity index (χ3n) is 3.29. The molecule has 0 unspecified atom stereocenters. The number of likely N-dealkylation sites (N-methyl/N-ethyl adjacent to an activating group) is 1. The van der Waals surface area contributed by atoms with Crippen molar-refractivity contribution >= 4 is 28.7 Å². The molecule has 0 N–H and O–H groups in total. The van der Waals surface area contributed by atoms with Crippen LogP contribution in [0.25, 0.3) is 11.0 Å². The van der Waals surface area contributed by atoms with Crippen molar-refractivity contribution in [3.8, 4) is 6.07 Å². The highest BCUT2D eigenvalue weighted by atomic mass is 32.2. The van der Waals surface area contributed by atoms with Crippen LogP contribution in [-0.2, 0) is 17.1 Å². The quantitative estimate of drug-likeness (QED) is 0.821. The lowest BCUT2D eigenvalue weighted by atomic mass is 10.3. The van der Waals surface area contributed by atoms with Crippen LogP contribution >= 0.6 is 11.8 Å². The second-order valence-corrected chi connectivity index (χ2v) is 5.63. The maximum Gasteiger partial charge on any atom is 0.242 e. The maximum absolute atomic E-state index is 12.3. The van der Waals surface area contributed by atoms with E-state index in [1.54, 1.807) is 23.7 Å². The Hall–Kier alpha value is -2.00. The first-order valence-corrected chi connectivity index (χ1v) is 8.10. The fourth-order valence-electron chi connectivity index (χ4n) is 2.14. The number of imidazole rings is 1. The molecule has 2 rings (SSSR count). The van der Waals surface area contributed by atoms with E-state index in [0.29, 0.717) is 13.0 Å². The summed E-state index contributed by atoms with van der Waals surface area (Å²) in [4.78, 5) is 18.5. The number of fused-ring (bicyclic) bond motifs is 1. The van der Waals surface area contributed by atoms with E-state index in [9.17, 15) is 4.79 Å². The maximum atomic E-state index is 12.3.